The number of amides is 1. The summed E-state index contributed by atoms with van der Waals surface area (Å²) in [6.45, 7) is 4.81. The van der Waals surface area contributed by atoms with Crippen LogP contribution in [0.15, 0.2) is 33.3 Å². The maximum absolute atomic E-state index is 12.7. The molecule has 0 atom stereocenters. The summed E-state index contributed by atoms with van der Waals surface area (Å²) >= 11 is 0.707. The molecule has 7 nitrogen and oxygen atoms in total. The molecule has 27 heavy (non-hydrogen) atoms. The number of rotatable bonds is 5. The van der Waals surface area contributed by atoms with Crippen molar-refractivity contribution in [2.75, 3.05) is 26.2 Å². The van der Waals surface area contributed by atoms with Gasteiger partial charge in [-0.3, -0.25) is 9.59 Å². The summed E-state index contributed by atoms with van der Waals surface area (Å²) in [6.07, 6.45) is 1.09. The van der Waals surface area contributed by atoms with Crippen molar-refractivity contribution >= 4 is 27.3 Å². The molecule has 1 aliphatic heterocycles. The number of nitrogens with one attached hydrogen (secondary N) is 1. The molecular formula is C18H23N3O4S2. The molecule has 2 aromatic rings. The van der Waals surface area contributed by atoms with Gasteiger partial charge in [0.2, 0.25) is 5.91 Å². The van der Waals surface area contributed by atoms with Crippen LogP contribution in [0.25, 0.3) is 0 Å². The van der Waals surface area contributed by atoms with Crippen LogP contribution in [0.1, 0.15) is 23.2 Å². The molecule has 3 rings (SSSR count). The smallest absolute Gasteiger partial charge is 0.305 e. The minimum absolute atomic E-state index is 0.0371. The molecule has 0 bridgehead atoms. The van der Waals surface area contributed by atoms with Crippen LogP contribution in [-0.4, -0.2) is 54.7 Å². The Morgan fingerprint density at radius 1 is 1.11 bits per heavy atom. The lowest BCUT2D eigenvalue weighted by Gasteiger charge is -2.33. The highest BCUT2D eigenvalue weighted by Crippen LogP contribution is 2.22. The molecule has 1 aromatic heterocycles. The Hall–Kier alpha value is -1.97. The molecule has 9 heteroatoms. The third-order valence-electron chi connectivity index (χ3n) is 4.69. The highest BCUT2D eigenvalue weighted by Gasteiger charge is 2.32. The first-order chi connectivity index (χ1) is 12.8. The largest absolute Gasteiger partial charge is 0.340 e. The maximum atomic E-state index is 12.7. The molecule has 0 saturated carbocycles. The molecule has 1 N–H and O–H groups in total. The number of piperazine rings is 1. The number of benzene rings is 1. The first-order valence-electron chi connectivity index (χ1n) is 8.80. The van der Waals surface area contributed by atoms with Crippen LogP contribution >= 0.6 is 11.3 Å². The van der Waals surface area contributed by atoms with Crippen LogP contribution in [0.3, 0.4) is 0 Å². The number of aromatic nitrogens is 1. The zero-order chi connectivity index (χ0) is 19.6. The Bertz CT molecular complexity index is 969. The average Bonchev–Trinajstić information content (AvgIpc) is 3.00. The van der Waals surface area contributed by atoms with Gasteiger partial charge in [-0.2, -0.15) is 4.31 Å². The highest BCUT2D eigenvalue weighted by molar-refractivity contribution is 7.91. The summed E-state index contributed by atoms with van der Waals surface area (Å²) < 4.78 is 26.8. The van der Waals surface area contributed by atoms with Gasteiger partial charge in [0, 0.05) is 38.3 Å². The van der Waals surface area contributed by atoms with Crippen molar-refractivity contribution in [1.29, 1.82) is 0 Å². The number of hydrogen-bond acceptors (Lipinski definition) is 5. The van der Waals surface area contributed by atoms with Crippen LogP contribution in [0.5, 0.6) is 0 Å². The Morgan fingerprint density at radius 2 is 1.74 bits per heavy atom. The van der Waals surface area contributed by atoms with E-state index in [0.717, 1.165) is 5.56 Å². The molecule has 0 unspecified atom stereocenters. The first kappa shape index (κ1) is 19.8. The van der Waals surface area contributed by atoms with Crippen LogP contribution in [0, 0.1) is 13.8 Å². The molecule has 2 heterocycles. The van der Waals surface area contributed by atoms with Crippen molar-refractivity contribution in [3.63, 3.8) is 0 Å². The summed E-state index contributed by atoms with van der Waals surface area (Å²) in [6, 6.07) is 8.11. The van der Waals surface area contributed by atoms with Crippen molar-refractivity contribution in [2.24, 2.45) is 0 Å². The lowest BCUT2D eigenvalue weighted by Crippen LogP contribution is -2.50. The van der Waals surface area contributed by atoms with Gasteiger partial charge in [-0.15, -0.1) is 0 Å². The normalized spacial score (nSPS) is 15.9. The van der Waals surface area contributed by atoms with E-state index < -0.39 is 10.0 Å². The van der Waals surface area contributed by atoms with Crippen molar-refractivity contribution in [3.8, 4) is 0 Å². The second kappa shape index (κ2) is 7.95. The number of aromatic amines is 1. The van der Waals surface area contributed by atoms with Gasteiger partial charge in [-0.1, -0.05) is 41.2 Å². The van der Waals surface area contributed by atoms with Gasteiger partial charge in [-0.25, -0.2) is 8.42 Å². The van der Waals surface area contributed by atoms with E-state index in [2.05, 4.69) is 4.98 Å². The van der Waals surface area contributed by atoms with Gasteiger partial charge < -0.3 is 9.88 Å². The lowest BCUT2D eigenvalue weighted by atomic mass is 10.1. The van der Waals surface area contributed by atoms with E-state index in [1.165, 1.54) is 9.87 Å². The van der Waals surface area contributed by atoms with Crippen LogP contribution in [-0.2, 0) is 21.2 Å². The van der Waals surface area contributed by atoms with Gasteiger partial charge in [0.15, 0.2) is 4.21 Å². The van der Waals surface area contributed by atoms with Crippen molar-refractivity contribution in [3.05, 3.63) is 50.8 Å². The standard InChI is InChI=1S/C18H23N3O4S2/c1-13-3-5-15(6-4-13)7-8-16(22)20-9-11-21(12-10-20)27(24,25)17-14(2)19-18(23)26-17/h3-6H,7-12H2,1-2H3,(H,19,23). The first-order valence-corrected chi connectivity index (χ1v) is 11.1. The van der Waals surface area contributed by atoms with Crippen molar-refractivity contribution < 1.29 is 13.2 Å². The fraction of sp³-hybridized carbons (Fsp3) is 0.444. The van der Waals surface area contributed by atoms with Gasteiger partial charge in [0.25, 0.3) is 10.0 Å². The van der Waals surface area contributed by atoms with E-state index in [1.54, 1.807) is 11.8 Å². The van der Waals surface area contributed by atoms with E-state index >= 15 is 0 Å². The number of aryl methyl sites for hydroxylation is 3. The third-order valence-corrected chi connectivity index (χ3v) is 8.18. The SMILES string of the molecule is Cc1ccc(CCC(=O)N2CCN(S(=O)(=O)c3sc(=O)[nH]c3C)CC2)cc1. The number of thiazole rings is 1. The Kier molecular flexibility index (Phi) is 5.83. The predicted molar refractivity (Wildman–Crippen MR) is 105 cm³/mol. The number of carbonyl (C=O) groups excluding carboxylic acids is 1. The summed E-state index contributed by atoms with van der Waals surface area (Å²) in [5.74, 6) is 0.0371. The molecule has 1 aromatic carbocycles. The van der Waals surface area contributed by atoms with Crippen molar-refractivity contribution in [1.82, 2.24) is 14.2 Å². The number of carbonyl (C=O) groups is 1. The number of H-pyrrole nitrogens is 1. The molecule has 1 fully saturated rings. The third kappa shape index (κ3) is 4.48. The van der Waals surface area contributed by atoms with Crippen LogP contribution in [0.2, 0.25) is 0 Å². The average molecular weight is 410 g/mol. The molecule has 146 valence electrons. The second-order valence-electron chi connectivity index (χ2n) is 6.70. The topological polar surface area (TPSA) is 90.6 Å². The minimum Gasteiger partial charge on any atom is -0.340 e. The summed E-state index contributed by atoms with van der Waals surface area (Å²) in [5.41, 5.74) is 2.67. The number of sulfonamides is 1. The molecule has 0 spiro atoms. The zero-order valence-electron chi connectivity index (χ0n) is 15.4. The minimum atomic E-state index is -3.70. The van der Waals surface area contributed by atoms with Gasteiger partial charge in [0.1, 0.15) is 0 Å². The van der Waals surface area contributed by atoms with Crippen LogP contribution in [0.4, 0.5) is 0 Å². The quantitative estimate of drug-likeness (QED) is 0.811. The highest BCUT2D eigenvalue weighted by atomic mass is 32.2. The Labute approximate surface area is 162 Å². The predicted octanol–water partition coefficient (Wildman–Crippen LogP) is 1.52. The molecule has 1 amide bonds. The molecule has 1 aliphatic rings. The molecule has 1 saturated heterocycles. The van der Waals surface area contributed by atoms with E-state index in [9.17, 15) is 18.0 Å². The Morgan fingerprint density at radius 3 is 2.30 bits per heavy atom. The van der Waals surface area contributed by atoms with E-state index in [1.807, 2.05) is 31.2 Å². The summed E-state index contributed by atoms with van der Waals surface area (Å²) in [5, 5.41) is 0. The number of nitrogens with zero attached hydrogens (tertiary/aromatic N) is 2. The molecular weight excluding hydrogens is 386 g/mol. The van der Waals surface area contributed by atoms with Gasteiger partial charge in [-0.05, 0) is 25.8 Å². The van der Waals surface area contributed by atoms with Crippen LogP contribution < -0.4 is 4.87 Å². The van der Waals surface area contributed by atoms with Crippen molar-refractivity contribution in [2.45, 2.75) is 30.9 Å². The van der Waals surface area contributed by atoms with E-state index in [0.29, 0.717) is 43.0 Å². The zero-order valence-corrected chi connectivity index (χ0v) is 17.0. The number of hydrogen-bond donors (Lipinski definition) is 1. The summed E-state index contributed by atoms with van der Waals surface area (Å²) in [7, 11) is -3.70. The lowest BCUT2D eigenvalue weighted by molar-refractivity contribution is -0.132. The maximum Gasteiger partial charge on any atom is 0.305 e. The van der Waals surface area contributed by atoms with E-state index in [-0.39, 0.29) is 28.1 Å². The fourth-order valence-electron chi connectivity index (χ4n) is 3.10. The van der Waals surface area contributed by atoms with E-state index in [4.69, 9.17) is 0 Å². The fourth-order valence-corrected chi connectivity index (χ4v) is 5.95. The Balaban J connectivity index is 1.56. The second-order valence-corrected chi connectivity index (χ2v) is 9.81. The van der Waals surface area contributed by atoms with Gasteiger partial charge >= 0.3 is 4.87 Å². The van der Waals surface area contributed by atoms with Gasteiger partial charge in [0.05, 0.1) is 0 Å². The molecule has 0 aliphatic carbocycles. The monoisotopic (exact) mass is 409 g/mol. The summed E-state index contributed by atoms with van der Waals surface area (Å²) in [4.78, 5) is 27.7. The molecule has 0 radical (unpaired) electrons.